The highest BCUT2D eigenvalue weighted by atomic mass is 32.2. The van der Waals surface area contributed by atoms with Crippen LogP contribution < -0.4 is 0 Å². The number of hydrogen-bond donors (Lipinski definition) is 0. The number of carbonyl (C=O) groups excluding carboxylic acids is 2. The Kier molecular flexibility index (Phi) is 4.42. The molecular weight excluding hydrogens is 248 g/mol. The maximum atomic E-state index is 12.2. The fraction of sp³-hybridized carbons (Fsp3) is 0.429. The molecule has 1 aliphatic rings. The Balaban J connectivity index is 2.05. The summed E-state index contributed by atoms with van der Waals surface area (Å²) in [4.78, 5) is 24.8. The van der Waals surface area contributed by atoms with Gasteiger partial charge in [0.25, 0.3) is 0 Å². The second-order valence-corrected chi connectivity index (χ2v) is 5.60. The molecule has 0 N–H and O–H groups in total. The lowest BCUT2D eigenvalue weighted by Gasteiger charge is -2.25. The molecule has 18 heavy (non-hydrogen) atoms. The Hall–Kier alpha value is -1.29. The number of carbonyl (C=O) groups is 2. The molecule has 0 radical (unpaired) electrons. The summed E-state index contributed by atoms with van der Waals surface area (Å²) >= 11 is 1.55. The lowest BCUT2D eigenvalue weighted by molar-refractivity contribution is -0.150. The molecule has 2 rings (SSSR count). The largest absolute Gasteiger partial charge is 0.468 e. The lowest BCUT2D eigenvalue weighted by Crippen LogP contribution is -2.36. The van der Waals surface area contributed by atoms with Gasteiger partial charge in [-0.2, -0.15) is 0 Å². The molecule has 3 nitrogen and oxygen atoms in total. The predicted molar refractivity (Wildman–Crippen MR) is 70.5 cm³/mol. The second-order valence-electron chi connectivity index (χ2n) is 4.33. The second kappa shape index (κ2) is 6.05. The number of rotatable bonds is 3. The molecule has 2 unspecified atom stereocenters. The molecule has 1 fully saturated rings. The SMILES string of the molecule is COC(=O)C1CCCC(Sc2ccccc2)C1=O. The maximum Gasteiger partial charge on any atom is 0.316 e. The van der Waals surface area contributed by atoms with Gasteiger partial charge in [0, 0.05) is 4.90 Å². The van der Waals surface area contributed by atoms with Crippen molar-refractivity contribution in [2.75, 3.05) is 7.11 Å². The molecule has 1 aromatic carbocycles. The van der Waals surface area contributed by atoms with Crippen LogP contribution in [0.2, 0.25) is 0 Å². The summed E-state index contributed by atoms with van der Waals surface area (Å²) < 4.78 is 4.69. The van der Waals surface area contributed by atoms with Crippen LogP contribution in [0, 0.1) is 5.92 Å². The van der Waals surface area contributed by atoms with E-state index in [1.807, 2.05) is 30.3 Å². The number of ketones is 1. The van der Waals surface area contributed by atoms with Crippen molar-refractivity contribution in [2.24, 2.45) is 5.92 Å². The fourth-order valence-electron chi connectivity index (χ4n) is 2.17. The molecule has 0 saturated heterocycles. The first-order valence-electron chi connectivity index (χ1n) is 6.05. The van der Waals surface area contributed by atoms with Crippen molar-refractivity contribution in [2.45, 2.75) is 29.4 Å². The first-order valence-corrected chi connectivity index (χ1v) is 6.93. The van der Waals surface area contributed by atoms with Gasteiger partial charge in [0.05, 0.1) is 12.4 Å². The Morgan fingerprint density at radius 2 is 2.00 bits per heavy atom. The highest BCUT2D eigenvalue weighted by Gasteiger charge is 2.36. The van der Waals surface area contributed by atoms with E-state index in [1.165, 1.54) is 7.11 Å². The third-order valence-corrected chi connectivity index (χ3v) is 4.42. The Morgan fingerprint density at radius 3 is 2.67 bits per heavy atom. The van der Waals surface area contributed by atoms with E-state index in [9.17, 15) is 9.59 Å². The monoisotopic (exact) mass is 264 g/mol. The van der Waals surface area contributed by atoms with Crippen molar-refractivity contribution in [1.29, 1.82) is 0 Å². The van der Waals surface area contributed by atoms with Crippen molar-refractivity contribution < 1.29 is 14.3 Å². The highest BCUT2D eigenvalue weighted by Crippen LogP contribution is 2.34. The smallest absolute Gasteiger partial charge is 0.316 e. The van der Waals surface area contributed by atoms with Crippen molar-refractivity contribution in [3.8, 4) is 0 Å². The van der Waals surface area contributed by atoms with E-state index in [-0.39, 0.29) is 11.0 Å². The summed E-state index contributed by atoms with van der Waals surface area (Å²) in [5.74, 6) is -0.940. The zero-order valence-corrected chi connectivity index (χ0v) is 11.1. The molecule has 4 heteroatoms. The van der Waals surface area contributed by atoms with E-state index >= 15 is 0 Å². The zero-order valence-electron chi connectivity index (χ0n) is 10.3. The van der Waals surface area contributed by atoms with Gasteiger partial charge < -0.3 is 4.74 Å². The molecule has 0 amide bonds. The van der Waals surface area contributed by atoms with E-state index < -0.39 is 11.9 Å². The van der Waals surface area contributed by atoms with E-state index in [0.29, 0.717) is 6.42 Å². The number of thioether (sulfide) groups is 1. The molecule has 1 aliphatic carbocycles. The summed E-state index contributed by atoms with van der Waals surface area (Å²) in [6.07, 6.45) is 2.36. The molecule has 2 atom stereocenters. The molecule has 1 saturated carbocycles. The minimum absolute atomic E-state index is 0.0157. The van der Waals surface area contributed by atoms with E-state index in [0.717, 1.165) is 17.7 Å². The zero-order chi connectivity index (χ0) is 13.0. The van der Waals surface area contributed by atoms with Crippen LogP contribution in [0.4, 0.5) is 0 Å². The number of Topliss-reactive ketones (excluding diaryl/α,β-unsaturated/α-hetero) is 1. The number of methoxy groups -OCH3 is 1. The van der Waals surface area contributed by atoms with Crippen LogP contribution in [0.25, 0.3) is 0 Å². The quantitative estimate of drug-likeness (QED) is 0.622. The molecule has 0 aromatic heterocycles. The van der Waals surface area contributed by atoms with Crippen LogP contribution in [0.5, 0.6) is 0 Å². The van der Waals surface area contributed by atoms with Crippen LogP contribution >= 0.6 is 11.8 Å². The highest BCUT2D eigenvalue weighted by molar-refractivity contribution is 8.00. The normalized spacial score (nSPS) is 23.7. The van der Waals surface area contributed by atoms with E-state index in [1.54, 1.807) is 11.8 Å². The topological polar surface area (TPSA) is 43.4 Å². The van der Waals surface area contributed by atoms with Gasteiger partial charge in [0.1, 0.15) is 5.92 Å². The summed E-state index contributed by atoms with van der Waals surface area (Å²) in [6, 6.07) is 9.82. The summed E-state index contributed by atoms with van der Waals surface area (Å²) in [5, 5.41) is -0.120. The molecular formula is C14H16O3S. The third-order valence-electron chi connectivity index (χ3n) is 3.13. The maximum absolute atomic E-state index is 12.2. The van der Waals surface area contributed by atoms with Gasteiger partial charge in [-0.15, -0.1) is 11.8 Å². The number of benzene rings is 1. The van der Waals surface area contributed by atoms with Gasteiger partial charge >= 0.3 is 5.97 Å². The summed E-state index contributed by atoms with van der Waals surface area (Å²) in [5.41, 5.74) is 0. The van der Waals surface area contributed by atoms with Crippen molar-refractivity contribution >= 4 is 23.5 Å². The van der Waals surface area contributed by atoms with Crippen molar-refractivity contribution in [3.05, 3.63) is 30.3 Å². The van der Waals surface area contributed by atoms with Crippen molar-refractivity contribution in [3.63, 3.8) is 0 Å². The molecule has 0 aliphatic heterocycles. The minimum Gasteiger partial charge on any atom is -0.468 e. The lowest BCUT2D eigenvalue weighted by atomic mass is 9.87. The molecule has 96 valence electrons. The van der Waals surface area contributed by atoms with Gasteiger partial charge in [0.2, 0.25) is 0 Å². The van der Waals surface area contributed by atoms with E-state index in [4.69, 9.17) is 0 Å². The standard InChI is InChI=1S/C14H16O3S/c1-17-14(16)11-8-5-9-12(13(11)15)18-10-6-3-2-4-7-10/h2-4,6-7,11-12H,5,8-9H2,1H3. The number of hydrogen-bond acceptors (Lipinski definition) is 4. The third kappa shape index (κ3) is 2.93. The molecule has 0 heterocycles. The minimum atomic E-state index is -0.565. The summed E-state index contributed by atoms with van der Waals surface area (Å²) in [6.45, 7) is 0. The van der Waals surface area contributed by atoms with Gasteiger partial charge in [0.15, 0.2) is 5.78 Å². The van der Waals surface area contributed by atoms with Gasteiger partial charge in [-0.25, -0.2) is 0 Å². The number of esters is 1. The predicted octanol–water partition coefficient (Wildman–Crippen LogP) is 2.69. The Bertz CT molecular complexity index is 430. The first kappa shape index (κ1) is 13.1. The van der Waals surface area contributed by atoms with Crippen LogP contribution in [0.1, 0.15) is 19.3 Å². The van der Waals surface area contributed by atoms with E-state index in [2.05, 4.69) is 4.74 Å². The average molecular weight is 264 g/mol. The molecule has 1 aromatic rings. The van der Waals surface area contributed by atoms with Crippen LogP contribution in [-0.2, 0) is 14.3 Å². The van der Waals surface area contributed by atoms with Gasteiger partial charge in [-0.05, 0) is 25.0 Å². The Morgan fingerprint density at radius 1 is 1.28 bits per heavy atom. The van der Waals surface area contributed by atoms with Gasteiger partial charge in [-0.3, -0.25) is 9.59 Å². The van der Waals surface area contributed by atoms with Crippen molar-refractivity contribution in [1.82, 2.24) is 0 Å². The fourth-order valence-corrected chi connectivity index (χ4v) is 3.38. The molecule has 0 spiro atoms. The van der Waals surface area contributed by atoms with Crippen LogP contribution in [0.3, 0.4) is 0 Å². The average Bonchev–Trinajstić information content (AvgIpc) is 2.41. The molecule has 0 bridgehead atoms. The summed E-state index contributed by atoms with van der Waals surface area (Å²) in [7, 11) is 1.34. The Labute approximate surface area is 111 Å². The number of ether oxygens (including phenoxy) is 1. The first-order chi connectivity index (χ1) is 8.72. The van der Waals surface area contributed by atoms with Crippen LogP contribution in [0.15, 0.2) is 35.2 Å². The van der Waals surface area contributed by atoms with Gasteiger partial charge in [-0.1, -0.05) is 24.6 Å². The van der Waals surface area contributed by atoms with Crippen LogP contribution in [-0.4, -0.2) is 24.1 Å².